The summed E-state index contributed by atoms with van der Waals surface area (Å²) in [5.41, 5.74) is 0. The molecule has 0 aliphatic carbocycles. The summed E-state index contributed by atoms with van der Waals surface area (Å²) in [4.78, 5) is 0. The zero-order valence-electron chi connectivity index (χ0n) is 9.54. The van der Waals surface area contributed by atoms with Crippen molar-refractivity contribution < 1.29 is 33.7 Å². The Morgan fingerprint density at radius 1 is 1.00 bits per heavy atom. The first-order valence-electron chi connectivity index (χ1n) is 5.24. The Morgan fingerprint density at radius 3 is 1.71 bits per heavy atom. The van der Waals surface area contributed by atoms with Crippen LogP contribution in [0.25, 0.3) is 0 Å². The van der Waals surface area contributed by atoms with E-state index in [1.54, 1.807) is 6.92 Å². The fraction of sp³-hybridized carbons (Fsp3) is 1.00. The number of hydrogen-bond donors (Lipinski definition) is 2. The van der Waals surface area contributed by atoms with Gasteiger partial charge in [-0.25, -0.2) is 0 Å². The van der Waals surface area contributed by atoms with E-state index in [1.807, 2.05) is 20.8 Å². The molecule has 0 atom stereocenters. The standard InChI is InChI=1S/C6H15OSi.C2H5O.2H2O.Zr/c1-4-8(7,5-2)6-3;1-2-3;;;/h4-6H2,1-3H3;2H2,1H3;2*1H2;/q2*-1;;;+4/p-2. The van der Waals surface area contributed by atoms with Gasteiger partial charge in [0.25, 0.3) is 0 Å². The van der Waals surface area contributed by atoms with Crippen LogP contribution < -0.4 is 0 Å². The monoisotopic (exact) mass is 300 g/mol. The van der Waals surface area contributed by atoms with Crippen molar-refractivity contribution in [1.29, 1.82) is 0 Å². The number of hydrogen-bond acceptors (Lipinski definition) is 4. The molecule has 0 spiro atoms. The molecule has 0 saturated heterocycles. The molecule has 0 amide bonds. The predicted octanol–water partition coefficient (Wildman–Crippen LogP) is 1.84. The first-order chi connectivity index (χ1) is 6.45. The van der Waals surface area contributed by atoms with E-state index in [9.17, 15) is 6.37 Å². The Hall–Kier alpha value is 0.940. The van der Waals surface area contributed by atoms with E-state index in [1.165, 1.54) is 0 Å². The van der Waals surface area contributed by atoms with Crippen molar-refractivity contribution in [1.82, 2.24) is 0 Å². The van der Waals surface area contributed by atoms with Gasteiger partial charge in [0.05, 0.1) is 0 Å². The summed E-state index contributed by atoms with van der Waals surface area (Å²) in [6.07, 6.45) is 0. The molecule has 14 heavy (non-hydrogen) atoms. The zero-order valence-corrected chi connectivity index (χ0v) is 13.0. The summed E-state index contributed by atoms with van der Waals surface area (Å²) < 4.78 is 29.7. The molecule has 0 fully saturated rings. The summed E-state index contributed by atoms with van der Waals surface area (Å²) >= 11 is -4.58. The summed E-state index contributed by atoms with van der Waals surface area (Å²) in [5.74, 6) is 0. The number of rotatable bonds is 7. The maximum absolute atomic E-state index is 9.60. The van der Waals surface area contributed by atoms with Crippen LogP contribution in [0.5, 0.6) is 0 Å². The molecule has 2 N–H and O–H groups in total. The van der Waals surface area contributed by atoms with Crippen LogP contribution in [-0.4, -0.2) is 21.3 Å². The van der Waals surface area contributed by atoms with Gasteiger partial charge >= 0.3 is 94.5 Å². The molecular formula is C8H22O4SiZr. The van der Waals surface area contributed by atoms with E-state index < -0.39 is 30.3 Å². The van der Waals surface area contributed by atoms with Crippen LogP contribution in [0.2, 0.25) is 18.1 Å². The molecule has 0 bridgehead atoms. The van der Waals surface area contributed by atoms with Gasteiger partial charge in [0.1, 0.15) is 0 Å². The molecular weight excluding hydrogens is 279 g/mol. The molecule has 0 unspecified atom stereocenters. The fourth-order valence-electron chi connectivity index (χ4n) is 1.47. The molecule has 0 aliphatic heterocycles. The molecule has 6 heteroatoms. The molecule has 0 rings (SSSR count). The van der Waals surface area contributed by atoms with Gasteiger partial charge in [0.2, 0.25) is 0 Å². The molecule has 0 saturated carbocycles. The zero-order chi connectivity index (χ0) is 11.2. The molecule has 0 aromatic heterocycles. The van der Waals surface area contributed by atoms with E-state index >= 15 is 0 Å². The molecule has 0 radical (unpaired) electrons. The first-order valence-corrected chi connectivity index (χ1v) is 12.0. The van der Waals surface area contributed by atoms with Gasteiger partial charge in [-0.3, -0.25) is 0 Å². The van der Waals surface area contributed by atoms with Crippen molar-refractivity contribution in [3.05, 3.63) is 0 Å². The third-order valence-electron chi connectivity index (χ3n) is 2.61. The summed E-state index contributed by atoms with van der Waals surface area (Å²) in [7, 11) is -1.92. The van der Waals surface area contributed by atoms with E-state index in [0.29, 0.717) is 6.61 Å². The van der Waals surface area contributed by atoms with Gasteiger partial charge in [0, 0.05) is 0 Å². The van der Waals surface area contributed by atoms with Crippen molar-refractivity contribution >= 4 is 8.32 Å². The third-order valence-corrected chi connectivity index (χ3v) is 14.0. The quantitative estimate of drug-likeness (QED) is 0.705. The second-order valence-corrected chi connectivity index (χ2v) is 12.9. The second kappa shape index (κ2) is 6.51. The van der Waals surface area contributed by atoms with Crippen molar-refractivity contribution in [2.45, 2.75) is 45.8 Å². The predicted molar refractivity (Wildman–Crippen MR) is 54.3 cm³/mol. The average molecular weight is 302 g/mol. The van der Waals surface area contributed by atoms with E-state index in [4.69, 9.17) is 5.32 Å². The Kier molecular flexibility index (Phi) is 6.94. The second-order valence-electron chi connectivity index (χ2n) is 3.33. The van der Waals surface area contributed by atoms with Crippen LogP contribution in [0, 0.1) is 0 Å². The summed E-state index contributed by atoms with van der Waals surface area (Å²) in [6.45, 7) is 8.20. The van der Waals surface area contributed by atoms with Gasteiger partial charge in [-0.2, -0.15) is 0 Å². The van der Waals surface area contributed by atoms with Gasteiger partial charge < -0.3 is 0 Å². The average Bonchev–Trinajstić information content (AvgIpc) is 2.14. The van der Waals surface area contributed by atoms with E-state index in [2.05, 4.69) is 0 Å². The van der Waals surface area contributed by atoms with Crippen LogP contribution in [-0.2, 0) is 27.3 Å². The van der Waals surface area contributed by atoms with Gasteiger partial charge in [0.15, 0.2) is 0 Å². The van der Waals surface area contributed by atoms with Crippen LogP contribution >= 0.6 is 0 Å². The molecule has 0 aromatic carbocycles. The molecule has 0 aliphatic rings. The third kappa shape index (κ3) is 4.64. The van der Waals surface area contributed by atoms with Crippen molar-refractivity contribution in [3.63, 3.8) is 0 Å². The van der Waals surface area contributed by atoms with Crippen LogP contribution in [0.3, 0.4) is 0 Å². The van der Waals surface area contributed by atoms with Gasteiger partial charge in [-0.15, -0.1) is 0 Å². The Bertz CT molecular complexity index is 153. The SMILES string of the molecule is CC[O][Zr]([OH])([OH])[O][Si](CC)(CC)CC. The maximum atomic E-state index is 9.60. The molecule has 0 heterocycles. The topological polar surface area (TPSA) is 58.9 Å². The Morgan fingerprint density at radius 2 is 1.43 bits per heavy atom. The first kappa shape index (κ1) is 14.9. The fourth-order valence-corrected chi connectivity index (χ4v) is 12.7. The minimum atomic E-state index is -4.58. The van der Waals surface area contributed by atoms with Crippen LogP contribution in [0.15, 0.2) is 0 Å². The van der Waals surface area contributed by atoms with Gasteiger partial charge in [-0.1, -0.05) is 0 Å². The van der Waals surface area contributed by atoms with Crippen molar-refractivity contribution in [2.24, 2.45) is 0 Å². The molecule has 4 nitrogen and oxygen atoms in total. The Labute approximate surface area is 94.3 Å². The Balaban J connectivity index is 4.41. The molecule has 0 aromatic rings. The minimum absolute atomic E-state index is 0.310. The summed E-state index contributed by atoms with van der Waals surface area (Å²) in [5, 5.41) is 0. The molecule has 86 valence electrons. The van der Waals surface area contributed by atoms with Gasteiger partial charge in [-0.05, 0) is 0 Å². The van der Waals surface area contributed by atoms with E-state index in [-0.39, 0.29) is 0 Å². The van der Waals surface area contributed by atoms with Crippen LogP contribution in [0.4, 0.5) is 0 Å². The van der Waals surface area contributed by atoms with E-state index in [0.717, 1.165) is 18.1 Å². The van der Waals surface area contributed by atoms with Crippen molar-refractivity contribution in [2.75, 3.05) is 6.61 Å². The van der Waals surface area contributed by atoms with Crippen molar-refractivity contribution in [3.8, 4) is 0 Å². The normalized spacial score (nSPS) is 13.3. The van der Waals surface area contributed by atoms with Crippen LogP contribution in [0.1, 0.15) is 27.7 Å². The summed E-state index contributed by atoms with van der Waals surface area (Å²) in [6, 6.07) is 2.73.